The fourth-order valence-electron chi connectivity index (χ4n) is 2.59. The maximum atomic E-state index is 14.3. The monoisotopic (exact) mass is 390 g/mol. The van der Waals surface area contributed by atoms with E-state index < -0.39 is 17.6 Å². The number of aryl methyl sites for hydroxylation is 1. The first-order chi connectivity index (χ1) is 13.1. The third-order valence-corrected chi connectivity index (χ3v) is 4.46. The standard InChI is InChI=1S/C23H28F2O3/c1-8-28-23(26)12-16(4)21(25)13-20(24)14(2)9-10-19-15(3)11-22(27-7)18(6)17(19)5/h9-13H,8H2,1-7H3. The SMILES string of the molecule is CCOC(=O)C=C(C)C(F)=CC(F)=C(C)C=Cc1c(C)cc(OC)c(C)c1C. The van der Waals surface area contributed by atoms with E-state index in [4.69, 9.17) is 9.47 Å². The van der Waals surface area contributed by atoms with Crippen molar-refractivity contribution in [1.82, 2.24) is 0 Å². The van der Waals surface area contributed by atoms with Crippen LogP contribution in [-0.4, -0.2) is 19.7 Å². The summed E-state index contributed by atoms with van der Waals surface area (Å²) < 4.78 is 38.5. The maximum Gasteiger partial charge on any atom is 0.331 e. The summed E-state index contributed by atoms with van der Waals surface area (Å²) in [6.07, 6.45) is 5.17. The summed E-state index contributed by atoms with van der Waals surface area (Å²) in [5.74, 6) is -1.40. The van der Waals surface area contributed by atoms with Gasteiger partial charge in [-0.3, -0.25) is 0 Å². The lowest BCUT2D eigenvalue weighted by Crippen LogP contribution is -2.00. The smallest absolute Gasteiger partial charge is 0.331 e. The summed E-state index contributed by atoms with van der Waals surface area (Å²) in [4.78, 5) is 11.4. The number of carbonyl (C=O) groups is 1. The lowest BCUT2D eigenvalue weighted by atomic mass is 9.96. The van der Waals surface area contributed by atoms with Crippen LogP contribution in [0.2, 0.25) is 0 Å². The number of rotatable bonds is 7. The van der Waals surface area contributed by atoms with Gasteiger partial charge in [-0.25, -0.2) is 13.6 Å². The number of methoxy groups -OCH3 is 1. The Morgan fingerprint density at radius 1 is 1.11 bits per heavy atom. The molecule has 0 saturated heterocycles. The summed E-state index contributed by atoms with van der Waals surface area (Å²) in [5.41, 5.74) is 4.29. The molecule has 0 radical (unpaired) electrons. The van der Waals surface area contributed by atoms with Gasteiger partial charge in [0.05, 0.1) is 13.7 Å². The molecule has 152 valence electrons. The van der Waals surface area contributed by atoms with E-state index in [0.717, 1.165) is 40.2 Å². The number of carbonyl (C=O) groups excluding carboxylic acids is 1. The summed E-state index contributed by atoms with van der Waals surface area (Å²) >= 11 is 0. The van der Waals surface area contributed by atoms with Crippen molar-refractivity contribution in [3.05, 3.63) is 69.3 Å². The van der Waals surface area contributed by atoms with Gasteiger partial charge in [0.2, 0.25) is 0 Å². The van der Waals surface area contributed by atoms with Crippen LogP contribution >= 0.6 is 0 Å². The summed E-state index contributed by atoms with van der Waals surface area (Å²) in [7, 11) is 1.62. The van der Waals surface area contributed by atoms with Gasteiger partial charge in [-0.1, -0.05) is 12.2 Å². The molecule has 0 atom stereocenters. The van der Waals surface area contributed by atoms with Crippen LogP contribution in [0.4, 0.5) is 8.78 Å². The van der Waals surface area contributed by atoms with E-state index in [2.05, 4.69) is 0 Å². The van der Waals surface area contributed by atoms with Crippen molar-refractivity contribution in [1.29, 1.82) is 0 Å². The average molecular weight is 390 g/mol. The second kappa shape index (κ2) is 10.6. The van der Waals surface area contributed by atoms with E-state index in [0.29, 0.717) is 0 Å². The molecule has 1 aromatic rings. The highest BCUT2D eigenvalue weighted by atomic mass is 19.1. The van der Waals surface area contributed by atoms with Gasteiger partial charge in [0.1, 0.15) is 17.4 Å². The number of ether oxygens (including phenoxy) is 2. The molecule has 0 aliphatic carbocycles. The second-order valence-corrected chi connectivity index (χ2v) is 6.50. The third kappa shape index (κ3) is 6.19. The van der Waals surface area contributed by atoms with Gasteiger partial charge >= 0.3 is 5.97 Å². The molecule has 0 bridgehead atoms. The fourth-order valence-corrected chi connectivity index (χ4v) is 2.59. The zero-order valence-corrected chi connectivity index (χ0v) is 17.6. The molecule has 0 aliphatic rings. The van der Waals surface area contributed by atoms with Gasteiger partial charge in [-0.15, -0.1) is 0 Å². The van der Waals surface area contributed by atoms with Gasteiger partial charge in [0.25, 0.3) is 0 Å². The Morgan fingerprint density at radius 3 is 2.32 bits per heavy atom. The quantitative estimate of drug-likeness (QED) is 0.314. The van der Waals surface area contributed by atoms with Gasteiger partial charge in [-0.2, -0.15) is 0 Å². The van der Waals surface area contributed by atoms with E-state index in [1.165, 1.54) is 6.92 Å². The molecule has 0 aromatic heterocycles. The zero-order chi connectivity index (χ0) is 21.4. The topological polar surface area (TPSA) is 35.5 Å². The number of allylic oxidation sites excluding steroid dienone is 6. The molecule has 5 heteroatoms. The third-order valence-electron chi connectivity index (χ3n) is 4.46. The van der Waals surface area contributed by atoms with Crippen LogP contribution in [0.3, 0.4) is 0 Å². The number of halogens is 2. The molecule has 0 unspecified atom stereocenters. The maximum absolute atomic E-state index is 14.3. The first-order valence-electron chi connectivity index (χ1n) is 9.04. The van der Waals surface area contributed by atoms with Crippen molar-refractivity contribution in [2.24, 2.45) is 0 Å². The fraction of sp³-hybridized carbons (Fsp3) is 0.348. The molecule has 0 N–H and O–H groups in total. The van der Waals surface area contributed by atoms with Crippen LogP contribution in [0, 0.1) is 20.8 Å². The van der Waals surface area contributed by atoms with Crippen molar-refractivity contribution >= 4 is 12.0 Å². The Labute approximate surface area is 166 Å². The van der Waals surface area contributed by atoms with Gasteiger partial charge in [0, 0.05) is 12.2 Å². The molecule has 1 aromatic carbocycles. The second-order valence-electron chi connectivity index (χ2n) is 6.50. The molecule has 0 aliphatic heterocycles. The molecule has 3 nitrogen and oxygen atoms in total. The molecular formula is C23H28F2O3. The zero-order valence-electron chi connectivity index (χ0n) is 17.6. The van der Waals surface area contributed by atoms with Crippen molar-refractivity contribution < 1.29 is 23.0 Å². The van der Waals surface area contributed by atoms with Crippen molar-refractivity contribution in [3.8, 4) is 5.75 Å². The van der Waals surface area contributed by atoms with Crippen LogP contribution in [0.5, 0.6) is 5.75 Å². The van der Waals surface area contributed by atoms with Gasteiger partial charge in [0.15, 0.2) is 0 Å². The van der Waals surface area contributed by atoms with Crippen molar-refractivity contribution in [3.63, 3.8) is 0 Å². The normalized spacial score (nSPS) is 13.6. The summed E-state index contributed by atoms with van der Waals surface area (Å²) in [6, 6.07) is 1.93. The Hall–Kier alpha value is -2.69. The van der Waals surface area contributed by atoms with Crippen LogP contribution in [0.25, 0.3) is 6.08 Å². The van der Waals surface area contributed by atoms with Crippen LogP contribution in [0.15, 0.2) is 47.1 Å². The molecule has 0 fully saturated rings. The highest BCUT2D eigenvalue weighted by Crippen LogP contribution is 2.29. The minimum Gasteiger partial charge on any atom is -0.496 e. The molecule has 0 spiro atoms. The van der Waals surface area contributed by atoms with Crippen LogP contribution in [-0.2, 0) is 9.53 Å². The number of hydrogen-bond acceptors (Lipinski definition) is 3. The number of esters is 1. The minimum absolute atomic E-state index is 0.00264. The van der Waals surface area contributed by atoms with Gasteiger partial charge in [-0.05, 0) is 81.0 Å². The summed E-state index contributed by atoms with van der Waals surface area (Å²) in [6.45, 7) is 10.7. The number of benzene rings is 1. The Balaban J connectivity index is 3.14. The molecule has 0 heterocycles. The minimum atomic E-state index is -0.828. The van der Waals surface area contributed by atoms with Gasteiger partial charge < -0.3 is 9.47 Å². The van der Waals surface area contributed by atoms with E-state index in [9.17, 15) is 13.6 Å². The molecular weight excluding hydrogens is 362 g/mol. The molecule has 0 amide bonds. The Bertz CT molecular complexity index is 859. The Kier molecular flexibility index (Phi) is 8.83. The van der Waals surface area contributed by atoms with Crippen LogP contribution < -0.4 is 4.74 Å². The highest BCUT2D eigenvalue weighted by Gasteiger charge is 2.09. The highest BCUT2D eigenvalue weighted by molar-refractivity contribution is 5.83. The molecule has 1 rings (SSSR count). The largest absolute Gasteiger partial charge is 0.496 e. The average Bonchev–Trinajstić information content (AvgIpc) is 2.64. The first-order valence-corrected chi connectivity index (χ1v) is 9.04. The summed E-state index contributed by atoms with van der Waals surface area (Å²) in [5, 5.41) is 0. The van der Waals surface area contributed by atoms with Crippen molar-refractivity contribution in [2.75, 3.05) is 13.7 Å². The predicted molar refractivity (Wildman–Crippen MR) is 110 cm³/mol. The van der Waals surface area contributed by atoms with Crippen molar-refractivity contribution in [2.45, 2.75) is 41.5 Å². The van der Waals surface area contributed by atoms with E-state index in [1.807, 2.05) is 26.8 Å². The van der Waals surface area contributed by atoms with E-state index >= 15 is 0 Å². The lowest BCUT2D eigenvalue weighted by molar-refractivity contribution is -0.137. The van der Waals surface area contributed by atoms with E-state index in [-0.39, 0.29) is 17.8 Å². The Morgan fingerprint density at radius 2 is 1.75 bits per heavy atom. The lowest BCUT2D eigenvalue weighted by Gasteiger charge is -2.13. The first kappa shape index (κ1) is 23.3. The molecule has 28 heavy (non-hydrogen) atoms. The number of hydrogen-bond donors (Lipinski definition) is 0. The predicted octanol–water partition coefficient (Wildman–Crippen LogP) is 6.24. The molecule has 0 saturated carbocycles. The van der Waals surface area contributed by atoms with Crippen LogP contribution in [0.1, 0.15) is 43.0 Å². The van der Waals surface area contributed by atoms with E-state index in [1.54, 1.807) is 33.1 Å².